The van der Waals surface area contributed by atoms with Crippen molar-refractivity contribution in [1.29, 1.82) is 0 Å². The fraction of sp³-hybridized carbons (Fsp3) is 0.591. The van der Waals surface area contributed by atoms with E-state index in [-0.39, 0.29) is 42.3 Å². The van der Waals surface area contributed by atoms with Gasteiger partial charge in [-0.1, -0.05) is 18.2 Å². The number of piperidine rings is 1. The number of nitrogens with one attached hydrogen (secondary N) is 2. The van der Waals surface area contributed by atoms with Crippen molar-refractivity contribution in [3.8, 4) is 0 Å². The molecule has 2 amide bonds. The van der Waals surface area contributed by atoms with E-state index in [0.717, 1.165) is 63.5 Å². The van der Waals surface area contributed by atoms with Crippen molar-refractivity contribution < 1.29 is 9.59 Å². The molecular weight excluding hydrogens is 493 g/mol. The van der Waals surface area contributed by atoms with Gasteiger partial charge in [0.2, 0.25) is 11.8 Å². The molecular formula is C22H34IN5O2. The summed E-state index contributed by atoms with van der Waals surface area (Å²) in [6.45, 7) is 5.42. The van der Waals surface area contributed by atoms with Crippen LogP contribution in [0.3, 0.4) is 0 Å². The Labute approximate surface area is 196 Å². The largest absolute Gasteiger partial charge is 0.359 e. The molecule has 1 saturated heterocycles. The fourth-order valence-electron chi connectivity index (χ4n) is 4.16. The SMILES string of the molecule is CCNC(=NCC(=O)N1CCCc2ccccc21)N1CCC(CC(=O)NC)CC1.I. The van der Waals surface area contributed by atoms with Gasteiger partial charge in [-0.3, -0.25) is 9.59 Å². The molecule has 3 rings (SSSR count). The number of para-hydroxylation sites is 1. The number of guanidine groups is 1. The first-order valence-electron chi connectivity index (χ1n) is 10.7. The second kappa shape index (κ2) is 12.1. The zero-order chi connectivity index (χ0) is 20.6. The predicted molar refractivity (Wildman–Crippen MR) is 131 cm³/mol. The van der Waals surface area contributed by atoms with Crippen molar-refractivity contribution in [2.24, 2.45) is 10.9 Å². The second-order valence-electron chi connectivity index (χ2n) is 7.76. The van der Waals surface area contributed by atoms with E-state index in [1.807, 2.05) is 30.0 Å². The van der Waals surface area contributed by atoms with E-state index in [9.17, 15) is 9.59 Å². The quantitative estimate of drug-likeness (QED) is 0.351. The Morgan fingerprint density at radius 1 is 1.17 bits per heavy atom. The molecule has 1 aromatic rings. The summed E-state index contributed by atoms with van der Waals surface area (Å²) in [7, 11) is 1.69. The molecule has 0 atom stereocenters. The van der Waals surface area contributed by atoms with Gasteiger partial charge in [0.05, 0.1) is 0 Å². The van der Waals surface area contributed by atoms with Gasteiger partial charge in [0, 0.05) is 45.3 Å². The molecule has 0 bridgehead atoms. The Hall–Kier alpha value is -1.84. The molecule has 7 nitrogen and oxygen atoms in total. The molecule has 0 aliphatic carbocycles. The Balaban J connectivity index is 0.00000320. The standard InChI is InChI=1S/C22H33N5O2.HI/c1-3-24-22(26-13-10-17(11-14-26)15-20(28)23-2)25-16-21(29)27-12-6-8-18-7-4-5-9-19(18)27;/h4-5,7,9,17H,3,6,8,10-16H2,1-2H3,(H,23,28)(H,24,25);1H. The summed E-state index contributed by atoms with van der Waals surface area (Å²) in [6, 6.07) is 8.15. The molecule has 2 aliphatic heterocycles. The van der Waals surface area contributed by atoms with Gasteiger partial charge in [-0.05, 0) is 50.2 Å². The summed E-state index contributed by atoms with van der Waals surface area (Å²) in [5, 5.41) is 6.03. The minimum Gasteiger partial charge on any atom is -0.359 e. The molecule has 0 spiro atoms. The van der Waals surface area contributed by atoms with Crippen LogP contribution in [0.2, 0.25) is 0 Å². The van der Waals surface area contributed by atoms with E-state index in [4.69, 9.17) is 0 Å². The van der Waals surface area contributed by atoms with Crippen LogP contribution in [0.15, 0.2) is 29.3 Å². The van der Waals surface area contributed by atoms with Crippen LogP contribution in [-0.4, -0.2) is 62.4 Å². The van der Waals surface area contributed by atoms with Gasteiger partial charge in [-0.2, -0.15) is 0 Å². The molecule has 1 aromatic carbocycles. The summed E-state index contributed by atoms with van der Waals surface area (Å²) < 4.78 is 0. The third-order valence-corrected chi connectivity index (χ3v) is 5.78. The average molecular weight is 527 g/mol. The smallest absolute Gasteiger partial charge is 0.248 e. The highest BCUT2D eigenvalue weighted by Crippen LogP contribution is 2.26. The van der Waals surface area contributed by atoms with Crippen LogP contribution in [-0.2, 0) is 16.0 Å². The van der Waals surface area contributed by atoms with Crippen molar-refractivity contribution in [2.45, 2.75) is 39.0 Å². The van der Waals surface area contributed by atoms with Crippen molar-refractivity contribution in [3.63, 3.8) is 0 Å². The molecule has 2 heterocycles. The fourth-order valence-corrected chi connectivity index (χ4v) is 4.16. The lowest BCUT2D eigenvalue weighted by Crippen LogP contribution is -2.46. The van der Waals surface area contributed by atoms with E-state index >= 15 is 0 Å². The lowest BCUT2D eigenvalue weighted by atomic mass is 9.93. The van der Waals surface area contributed by atoms with Gasteiger partial charge in [0.25, 0.3) is 0 Å². The maximum absolute atomic E-state index is 12.9. The number of amides is 2. The summed E-state index contributed by atoms with van der Waals surface area (Å²) >= 11 is 0. The topological polar surface area (TPSA) is 77.0 Å². The van der Waals surface area contributed by atoms with Crippen LogP contribution in [0, 0.1) is 5.92 Å². The van der Waals surface area contributed by atoms with Crippen LogP contribution < -0.4 is 15.5 Å². The highest BCUT2D eigenvalue weighted by molar-refractivity contribution is 14.0. The van der Waals surface area contributed by atoms with Gasteiger partial charge >= 0.3 is 0 Å². The summed E-state index contributed by atoms with van der Waals surface area (Å²) in [5.74, 6) is 1.36. The number of rotatable bonds is 5. The highest BCUT2D eigenvalue weighted by atomic mass is 127. The Morgan fingerprint density at radius 3 is 2.60 bits per heavy atom. The number of carbonyl (C=O) groups is 2. The first-order valence-corrected chi connectivity index (χ1v) is 10.7. The van der Waals surface area contributed by atoms with Crippen LogP contribution in [0.5, 0.6) is 0 Å². The third kappa shape index (κ3) is 6.33. The molecule has 0 radical (unpaired) electrons. The number of nitrogens with zero attached hydrogens (tertiary/aromatic N) is 3. The van der Waals surface area contributed by atoms with Gasteiger partial charge in [0.15, 0.2) is 5.96 Å². The monoisotopic (exact) mass is 527 g/mol. The molecule has 0 unspecified atom stereocenters. The van der Waals surface area contributed by atoms with Crippen LogP contribution >= 0.6 is 24.0 Å². The van der Waals surface area contributed by atoms with E-state index < -0.39 is 0 Å². The van der Waals surface area contributed by atoms with Crippen molar-refractivity contribution in [1.82, 2.24) is 15.5 Å². The van der Waals surface area contributed by atoms with E-state index in [0.29, 0.717) is 12.3 Å². The number of aliphatic imine (C=N–C) groups is 1. The first kappa shape index (κ1) is 24.4. The number of benzene rings is 1. The number of carbonyl (C=O) groups excluding carboxylic acids is 2. The molecule has 0 aromatic heterocycles. The normalized spacial score (nSPS) is 17.1. The number of hydrogen-bond donors (Lipinski definition) is 2. The molecule has 1 fully saturated rings. The number of fused-ring (bicyclic) bond motifs is 1. The van der Waals surface area contributed by atoms with Gasteiger partial charge in [-0.25, -0.2) is 4.99 Å². The number of hydrogen-bond acceptors (Lipinski definition) is 3. The molecule has 0 saturated carbocycles. The predicted octanol–water partition coefficient (Wildman–Crippen LogP) is 2.40. The maximum atomic E-state index is 12.9. The number of halogens is 1. The minimum absolute atomic E-state index is 0. The zero-order valence-electron chi connectivity index (χ0n) is 18.0. The van der Waals surface area contributed by atoms with Crippen LogP contribution in [0.4, 0.5) is 5.69 Å². The Bertz CT molecular complexity index is 747. The van der Waals surface area contributed by atoms with E-state index in [1.165, 1.54) is 5.56 Å². The lowest BCUT2D eigenvalue weighted by molar-refractivity contribution is -0.121. The summed E-state index contributed by atoms with van der Waals surface area (Å²) in [4.78, 5) is 33.2. The third-order valence-electron chi connectivity index (χ3n) is 5.78. The van der Waals surface area contributed by atoms with Gasteiger partial charge < -0.3 is 20.4 Å². The Kier molecular flexibility index (Phi) is 9.87. The number of likely N-dealkylation sites (tertiary alicyclic amines) is 1. The zero-order valence-corrected chi connectivity index (χ0v) is 20.4. The lowest BCUT2D eigenvalue weighted by Gasteiger charge is -2.34. The molecule has 2 N–H and O–H groups in total. The highest BCUT2D eigenvalue weighted by Gasteiger charge is 2.25. The maximum Gasteiger partial charge on any atom is 0.248 e. The van der Waals surface area contributed by atoms with Crippen molar-refractivity contribution in [2.75, 3.05) is 44.7 Å². The summed E-state index contributed by atoms with van der Waals surface area (Å²) in [6.07, 6.45) is 4.53. The van der Waals surface area contributed by atoms with Crippen LogP contribution in [0.1, 0.15) is 38.2 Å². The number of aryl methyl sites for hydroxylation is 1. The molecule has 166 valence electrons. The summed E-state index contributed by atoms with van der Waals surface area (Å²) in [5.41, 5.74) is 2.26. The van der Waals surface area contributed by atoms with E-state index in [2.05, 4.69) is 26.6 Å². The molecule has 30 heavy (non-hydrogen) atoms. The van der Waals surface area contributed by atoms with Gasteiger partial charge in [0.1, 0.15) is 6.54 Å². The minimum atomic E-state index is 0. The van der Waals surface area contributed by atoms with Crippen molar-refractivity contribution in [3.05, 3.63) is 29.8 Å². The molecule has 8 heteroatoms. The molecule has 2 aliphatic rings. The van der Waals surface area contributed by atoms with Crippen molar-refractivity contribution >= 4 is 47.4 Å². The average Bonchev–Trinajstić information content (AvgIpc) is 2.76. The number of anilines is 1. The second-order valence-corrected chi connectivity index (χ2v) is 7.76. The Morgan fingerprint density at radius 2 is 1.90 bits per heavy atom. The first-order chi connectivity index (χ1) is 14.1. The van der Waals surface area contributed by atoms with Crippen LogP contribution in [0.25, 0.3) is 0 Å². The van der Waals surface area contributed by atoms with E-state index in [1.54, 1.807) is 7.05 Å². The van der Waals surface area contributed by atoms with Gasteiger partial charge in [-0.15, -0.1) is 24.0 Å².